The minimum Gasteiger partial charge on any atom is -0.336 e. The van der Waals surface area contributed by atoms with Crippen molar-refractivity contribution in [1.29, 1.82) is 0 Å². The highest BCUT2D eigenvalue weighted by atomic mass is 35.5. The van der Waals surface area contributed by atoms with Crippen LogP contribution in [0.1, 0.15) is 34.6 Å². The molecule has 1 aromatic carbocycles. The average molecular weight is 347 g/mol. The molecule has 4 rings (SSSR count). The van der Waals surface area contributed by atoms with Crippen LogP contribution in [0.3, 0.4) is 0 Å². The smallest absolute Gasteiger partial charge is 0.274 e. The molecular formula is C18H23ClN4O. The van der Waals surface area contributed by atoms with E-state index < -0.39 is 0 Å². The highest BCUT2D eigenvalue weighted by Crippen LogP contribution is 2.28. The molecule has 1 atom stereocenters. The normalized spacial score (nSPS) is 19.0. The van der Waals surface area contributed by atoms with Crippen LogP contribution in [-0.2, 0) is 12.8 Å². The van der Waals surface area contributed by atoms with Crippen LogP contribution in [0.2, 0.25) is 0 Å². The zero-order chi connectivity index (χ0) is 15.8. The highest BCUT2D eigenvalue weighted by molar-refractivity contribution is 5.94. The summed E-state index contributed by atoms with van der Waals surface area (Å²) in [6.45, 7) is 1.86. The van der Waals surface area contributed by atoms with Gasteiger partial charge in [-0.25, -0.2) is 4.68 Å². The molecule has 0 bridgehead atoms. The largest absolute Gasteiger partial charge is 0.336 e. The molecule has 0 radical (unpaired) electrons. The third-order valence-corrected chi connectivity index (χ3v) is 5.04. The average Bonchev–Trinajstić information content (AvgIpc) is 3.31. The quantitative estimate of drug-likeness (QED) is 0.927. The molecule has 6 heteroatoms. The van der Waals surface area contributed by atoms with Crippen molar-refractivity contribution < 1.29 is 4.79 Å². The van der Waals surface area contributed by atoms with E-state index in [1.807, 2.05) is 47.0 Å². The van der Waals surface area contributed by atoms with Gasteiger partial charge < -0.3 is 10.2 Å². The molecule has 2 aliphatic rings. The van der Waals surface area contributed by atoms with Crippen molar-refractivity contribution in [1.82, 2.24) is 20.0 Å². The fraction of sp³-hybridized carbons (Fsp3) is 0.444. The lowest BCUT2D eigenvalue weighted by Crippen LogP contribution is -2.39. The number of likely N-dealkylation sites (N-methyl/N-ethyl adjacent to an activating group) is 1. The number of nitrogens with one attached hydrogen (secondary N) is 1. The number of nitrogens with zero attached hydrogens (tertiary/aromatic N) is 3. The van der Waals surface area contributed by atoms with Gasteiger partial charge in [-0.3, -0.25) is 4.79 Å². The van der Waals surface area contributed by atoms with Gasteiger partial charge in [0.2, 0.25) is 0 Å². The first kappa shape index (κ1) is 17.0. The van der Waals surface area contributed by atoms with E-state index in [1.165, 1.54) is 5.69 Å². The summed E-state index contributed by atoms with van der Waals surface area (Å²) in [6.07, 6.45) is 4.08. The molecular weight excluding hydrogens is 324 g/mol. The van der Waals surface area contributed by atoms with Crippen LogP contribution in [0.25, 0.3) is 5.69 Å². The first-order valence-electron chi connectivity index (χ1n) is 8.40. The van der Waals surface area contributed by atoms with Crippen LogP contribution < -0.4 is 5.32 Å². The standard InChI is InChI=1S/C18H22N4O.ClH/c1-21(14-10-11-19-12-14)18(23)17-15-8-5-9-16(15)22(20-17)13-6-3-2-4-7-13;/h2-4,6-7,14,19H,5,8-12H2,1H3;1H. The van der Waals surface area contributed by atoms with Gasteiger partial charge in [-0.15, -0.1) is 12.4 Å². The lowest BCUT2D eigenvalue weighted by Gasteiger charge is -2.23. The summed E-state index contributed by atoms with van der Waals surface area (Å²) in [5, 5.41) is 8.02. The van der Waals surface area contributed by atoms with Crippen molar-refractivity contribution in [3.8, 4) is 5.69 Å². The number of fused-ring (bicyclic) bond motifs is 1. The fourth-order valence-electron chi connectivity index (χ4n) is 3.69. The van der Waals surface area contributed by atoms with Crippen molar-refractivity contribution >= 4 is 18.3 Å². The van der Waals surface area contributed by atoms with E-state index in [-0.39, 0.29) is 24.4 Å². The van der Waals surface area contributed by atoms with Crippen molar-refractivity contribution in [2.24, 2.45) is 0 Å². The number of aromatic nitrogens is 2. The molecule has 128 valence electrons. The van der Waals surface area contributed by atoms with Crippen LogP contribution in [0.4, 0.5) is 0 Å². The number of hydrogen-bond donors (Lipinski definition) is 1. The van der Waals surface area contributed by atoms with E-state index in [0.29, 0.717) is 5.69 Å². The summed E-state index contributed by atoms with van der Waals surface area (Å²) in [5.74, 6) is 0.0616. The number of para-hydroxylation sites is 1. The first-order chi connectivity index (χ1) is 11.3. The van der Waals surface area contributed by atoms with E-state index in [9.17, 15) is 4.79 Å². The van der Waals surface area contributed by atoms with Crippen LogP contribution in [-0.4, -0.2) is 46.8 Å². The third-order valence-electron chi connectivity index (χ3n) is 5.04. The SMILES string of the molecule is CN(C(=O)c1nn(-c2ccccc2)c2c1CCC2)C1CCNC1.Cl. The van der Waals surface area contributed by atoms with E-state index in [0.717, 1.165) is 50.0 Å². The van der Waals surface area contributed by atoms with Gasteiger partial charge in [-0.05, 0) is 44.4 Å². The van der Waals surface area contributed by atoms with Gasteiger partial charge in [0.15, 0.2) is 5.69 Å². The summed E-state index contributed by atoms with van der Waals surface area (Å²) in [4.78, 5) is 14.8. The molecule has 1 amide bonds. The van der Waals surface area contributed by atoms with E-state index in [4.69, 9.17) is 5.10 Å². The predicted octanol–water partition coefficient (Wildman–Crippen LogP) is 2.22. The van der Waals surface area contributed by atoms with Gasteiger partial charge >= 0.3 is 0 Å². The van der Waals surface area contributed by atoms with Gasteiger partial charge in [0.05, 0.1) is 5.69 Å². The maximum Gasteiger partial charge on any atom is 0.274 e. The minimum absolute atomic E-state index is 0. The highest BCUT2D eigenvalue weighted by Gasteiger charge is 2.31. The molecule has 24 heavy (non-hydrogen) atoms. The van der Waals surface area contributed by atoms with E-state index in [2.05, 4.69) is 5.32 Å². The third kappa shape index (κ3) is 2.82. The zero-order valence-corrected chi connectivity index (χ0v) is 14.7. The van der Waals surface area contributed by atoms with Crippen LogP contribution in [0.15, 0.2) is 30.3 Å². The number of carbonyl (C=O) groups is 1. The van der Waals surface area contributed by atoms with Crippen molar-refractivity contribution in [2.75, 3.05) is 20.1 Å². The second-order valence-electron chi connectivity index (χ2n) is 6.44. The van der Waals surface area contributed by atoms with Gasteiger partial charge in [0.1, 0.15) is 0 Å². The van der Waals surface area contributed by atoms with Gasteiger partial charge in [0.25, 0.3) is 5.91 Å². The molecule has 1 aliphatic heterocycles. The Balaban J connectivity index is 0.00000169. The Bertz CT molecular complexity index is 722. The number of benzene rings is 1. The number of rotatable bonds is 3. The molecule has 1 fully saturated rings. The molecule has 0 saturated carbocycles. The molecule has 5 nitrogen and oxygen atoms in total. The van der Waals surface area contributed by atoms with Gasteiger partial charge in [0, 0.05) is 30.9 Å². The number of hydrogen-bond acceptors (Lipinski definition) is 3. The van der Waals surface area contributed by atoms with Gasteiger partial charge in [-0.1, -0.05) is 18.2 Å². The Hall–Kier alpha value is -1.85. The molecule has 1 unspecified atom stereocenters. The molecule has 2 heterocycles. The van der Waals surface area contributed by atoms with E-state index in [1.54, 1.807) is 0 Å². The molecule has 1 aromatic heterocycles. The number of halogens is 1. The Labute approximate surface area is 148 Å². The molecule has 1 saturated heterocycles. The fourth-order valence-corrected chi connectivity index (χ4v) is 3.69. The minimum atomic E-state index is 0. The van der Waals surface area contributed by atoms with Crippen molar-refractivity contribution in [3.63, 3.8) is 0 Å². The predicted molar refractivity (Wildman–Crippen MR) is 96.2 cm³/mol. The monoisotopic (exact) mass is 346 g/mol. The maximum atomic E-state index is 13.0. The summed E-state index contributed by atoms with van der Waals surface area (Å²) in [6, 6.07) is 10.4. The van der Waals surface area contributed by atoms with Gasteiger partial charge in [-0.2, -0.15) is 5.10 Å². The lowest BCUT2D eigenvalue weighted by atomic mass is 10.1. The molecule has 0 spiro atoms. The molecule has 1 aliphatic carbocycles. The maximum absolute atomic E-state index is 13.0. The zero-order valence-electron chi connectivity index (χ0n) is 13.9. The topological polar surface area (TPSA) is 50.2 Å². The number of amides is 1. The van der Waals surface area contributed by atoms with E-state index >= 15 is 0 Å². The van der Waals surface area contributed by atoms with Crippen molar-refractivity contribution in [3.05, 3.63) is 47.3 Å². The lowest BCUT2D eigenvalue weighted by molar-refractivity contribution is 0.0736. The summed E-state index contributed by atoms with van der Waals surface area (Å²) >= 11 is 0. The molecule has 2 aromatic rings. The second-order valence-corrected chi connectivity index (χ2v) is 6.44. The Morgan fingerprint density at radius 1 is 1.29 bits per heavy atom. The summed E-state index contributed by atoms with van der Waals surface area (Å²) in [5.41, 5.74) is 4.04. The summed E-state index contributed by atoms with van der Waals surface area (Å²) in [7, 11) is 1.91. The van der Waals surface area contributed by atoms with Crippen LogP contribution in [0.5, 0.6) is 0 Å². The molecule has 1 N–H and O–H groups in total. The number of carbonyl (C=O) groups excluding carboxylic acids is 1. The van der Waals surface area contributed by atoms with Crippen LogP contribution >= 0.6 is 12.4 Å². The second kappa shape index (κ2) is 6.95. The Morgan fingerprint density at radius 2 is 2.08 bits per heavy atom. The first-order valence-corrected chi connectivity index (χ1v) is 8.40. The van der Waals surface area contributed by atoms with Crippen LogP contribution in [0, 0.1) is 0 Å². The Morgan fingerprint density at radius 3 is 2.79 bits per heavy atom. The van der Waals surface area contributed by atoms with Crippen molar-refractivity contribution in [2.45, 2.75) is 31.7 Å². The Kier molecular flexibility index (Phi) is 4.92. The summed E-state index contributed by atoms with van der Waals surface area (Å²) < 4.78 is 1.97.